The Hall–Kier alpha value is -3.02. The number of amides is 1. The molecule has 3 heterocycles. The molecule has 0 aliphatic rings. The Balaban J connectivity index is 1.88. The second-order valence-corrected chi connectivity index (χ2v) is 4.47. The minimum absolute atomic E-state index is 0.232. The number of nitrogens with one attached hydrogen (secondary N) is 1. The normalized spacial score (nSPS) is 10.3. The van der Waals surface area contributed by atoms with Crippen molar-refractivity contribution in [1.29, 1.82) is 0 Å². The van der Waals surface area contributed by atoms with Crippen LogP contribution in [0.3, 0.4) is 0 Å². The molecule has 1 N–H and O–H groups in total. The van der Waals surface area contributed by atoms with E-state index >= 15 is 0 Å². The van der Waals surface area contributed by atoms with Gasteiger partial charge in [-0.25, -0.2) is 9.67 Å². The number of carbonyl (C=O) groups is 1. The molecule has 3 aromatic heterocycles. The van der Waals surface area contributed by atoms with Crippen LogP contribution in [0.5, 0.6) is 0 Å². The number of carbonyl (C=O) groups excluding carboxylic acids is 1. The highest BCUT2D eigenvalue weighted by atomic mass is 16.1. The average Bonchev–Trinajstić information content (AvgIpc) is 3.02. The molecule has 1 amide bonds. The summed E-state index contributed by atoms with van der Waals surface area (Å²) in [7, 11) is 0. The van der Waals surface area contributed by atoms with E-state index in [1.165, 1.54) is 0 Å². The first-order valence-corrected chi connectivity index (χ1v) is 6.43. The molecule has 21 heavy (non-hydrogen) atoms. The maximum absolute atomic E-state index is 12.2. The number of aryl methyl sites for hydroxylation is 1. The molecule has 6 heteroatoms. The lowest BCUT2D eigenvalue weighted by Crippen LogP contribution is -2.15. The minimum atomic E-state index is -0.232. The highest BCUT2D eigenvalue weighted by Crippen LogP contribution is 2.17. The molecule has 0 fully saturated rings. The molecule has 0 radical (unpaired) electrons. The number of nitrogens with zero attached hydrogens (tertiary/aromatic N) is 4. The zero-order chi connectivity index (χ0) is 14.7. The minimum Gasteiger partial charge on any atom is -0.319 e. The molecule has 0 saturated carbocycles. The monoisotopic (exact) mass is 279 g/mol. The van der Waals surface area contributed by atoms with Crippen molar-refractivity contribution < 1.29 is 4.79 Å². The second-order valence-electron chi connectivity index (χ2n) is 4.47. The lowest BCUT2D eigenvalue weighted by atomic mass is 10.2. The van der Waals surface area contributed by atoms with Crippen molar-refractivity contribution in [2.75, 3.05) is 5.32 Å². The lowest BCUT2D eigenvalue weighted by molar-refractivity contribution is 0.102. The molecule has 0 aromatic carbocycles. The van der Waals surface area contributed by atoms with E-state index in [1.54, 1.807) is 59.8 Å². The first kappa shape index (κ1) is 13.0. The molecule has 0 atom stereocenters. The molecular formula is C15H13N5O. The van der Waals surface area contributed by atoms with E-state index < -0.39 is 0 Å². The third-order valence-electron chi connectivity index (χ3n) is 2.93. The Morgan fingerprint density at radius 3 is 2.76 bits per heavy atom. The van der Waals surface area contributed by atoms with Gasteiger partial charge in [0, 0.05) is 30.5 Å². The van der Waals surface area contributed by atoms with Gasteiger partial charge in [0.15, 0.2) is 5.82 Å². The number of aromatic nitrogens is 4. The number of rotatable bonds is 3. The van der Waals surface area contributed by atoms with E-state index in [2.05, 4.69) is 20.4 Å². The molecular weight excluding hydrogens is 266 g/mol. The Morgan fingerprint density at radius 1 is 1.14 bits per heavy atom. The second kappa shape index (κ2) is 5.54. The summed E-state index contributed by atoms with van der Waals surface area (Å²) in [5.74, 6) is 0.333. The number of hydrogen-bond acceptors (Lipinski definition) is 4. The van der Waals surface area contributed by atoms with Crippen LogP contribution in [-0.4, -0.2) is 25.7 Å². The van der Waals surface area contributed by atoms with Crippen molar-refractivity contribution in [3.8, 4) is 5.82 Å². The van der Waals surface area contributed by atoms with Gasteiger partial charge in [0.1, 0.15) is 0 Å². The van der Waals surface area contributed by atoms with Crippen molar-refractivity contribution in [2.45, 2.75) is 6.92 Å². The summed E-state index contributed by atoms with van der Waals surface area (Å²) >= 11 is 0. The van der Waals surface area contributed by atoms with Gasteiger partial charge in [0.2, 0.25) is 0 Å². The summed E-state index contributed by atoms with van der Waals surface area (Å²) in [5.41, 5.74) is 1.95. The Bertz CT molecular complexity index is 750. The molecule has 3 rings (SSSR count). The van der Waals surface area contributed by atoms with E-state index in [0.717, 1.165) is 5.69 Å². The third-order valence-corrected chi connectivity index (χ3v) is 2.93. The van der Waals surface area contributed by atoms with Crippen molar-refractivity contribution in [3.05, 3.63) is 66.4 Å². The lowest BCUT2D eigenvalue weighted by Gasteiger charge is -2.09. The fourth-order valence-electron chi connectivity index (χ4n) is 1.87. The Kier molecular flexibility index (Phi) is 3.42. The summed E-state index contributed by atoms with van der Waals surface area (Å²) in [6.45, 7) is 1.87. The molecule has 0 saturated heterocycles. The molecule has 0 unspecified atom stereocenters. The van der Waals surface area contributed by atoms with Gasteiger partial charge in [-0.3, -0.25) is 9.78 Å². The van der Waals surface area contributed by atoms with Crippen molar-refractivity contribution in [2.24, 2.45) is 0 Å². The number of anilines is 1. The van der Waals surface area contributed by atoms with Crippen LogP contribution in [0.4, 0.5) is 5.69 Å². The first-order valence-electron chi connectivity index (χ1n) is 6.43. The van der Waals surface area contributed by atoms with Crippen LogP contribution in [0, 0.1) is 6.92 Å². The predicted octanol–water partition coefficient (Wildman–Crippen LogP) is 2.22. The molecule has 0 bridgehead atoms. The standard InChI is InChI=1S/C15H13N5O/c1-11-5-6-12(10-17-11)15(21)19-13-4-2-7-16-14(13)20-9-3-8-18-20/h2-10H,1H3,(H,19,21). The zero-order valence-electron chi connectivity index (χ0n) is 11.4. The smallest absolute Gasteiger partial charge is 0.257 e. The maximum atomic E-state index is 12.2. The molecule has 3 aromatic rings. The van der Waals surface area contributed by atoms with Gasteiger partial charge < -0.3 is 5.32 Å². The van der Waals surface area contributed by atoms with Crippen molar-refractivity contribution in [1.82, 2.24) is 19.7 Å². The fourth-order valence-corrected chi connectivity index (χ4v) is 1.87. The molecule has 0 aliphatic carbocycles. The largest absolute Gasteiger partial charge is 0.319 e. The molecule has 104 valence electrons. The van der Waals surface area contributed by atoms with Gasteiger partial charge in [0.25, 0.3) is 5.91 Å². The molecule has 0 aliphatic heterocycles. The average molecular weight is 279 g/mol. The molecule has 0 spiro atoms. The zero-order valence-corrected chi connectivity index (χ0v) is 11.4. The summed E-state index contributed by atoms with van der Waals surface area (Å²) in [6.07, 6.45) is 6.63. The summed E-state index contributed by atoms with van der Waals surface area (Å²) in [6, 6.07) is 8.87. The summed E-state index contributed by atoms with van der Waals surface area (Å²) < 4.78 is 1.60. The van der Waals surface area contributed by atoms with Gasteiger partial charge in [-0.1, -0.05) is 0 Å². The Morgan fingerprint density at radius 2 is 2.05 bits per heavy atom. The quantitative estimate of drug-likeness (QED) is 0.798. The van der Waals surface area contributed by atoms with Crippen LogP contribution in [0.25, 0.3) is 5.82 Å². The maximum Gasteiger partial charge on any atom is 0.257 e. The van der Waals surface area contributed by atoms with Crippen LogP contribution in [0.1, 0.15) is 16.1 Å². The van der Waals surface area contributed by atoms with E-state index in [9.17, 15) is 4.79 Å². The predicted molar refractivity (Wildman–Crippen MR) is 78.3 cm³/mol. The van der Waals surface area contributed by atoms with E-state index in [-0.39, 0.29) is 5.91 Å². The summed E-state index contributed by atoms with van der Waals surface area (Å²) in [4.78, 5) is 20.6. The van der Waals surface area contributed by atoms with Gasteiger partial charge in [-0.05, 0) is 37.3 Å². The Labute approximate surface area is 121 Å². The number of hydrogen-bond donors (Lipinski definition) is 1. The van der Waals surface area contributed by atoms with Crippen LogP contribution in [0.2, 0.25) is 0 Å². The van der Waals surface area contributed by atoms with Crippen molar-refractivity contribution >= 4 is 11.6 Å². The van der Waals surface area contributed by atoms with Crippen LogP contribution in [0.15, 0.2) is 55.1 Å². The summed E-state index contributed by atoms with van der Waals surface area (Å²) in [5, 5.41) is 6.96. The van der Waals surface area contributed by atoms with Gasteiger partial charge in [-0.15, -0.1) is 0 Å². The first-order chi connectivity index (χ1) is 10.2. The van der Waals surface area contributed by atoms with Crippen LogP contribution < -0.4 is 5.32 Å². The van der Waals surface area contributed by atoms with Crippen LogP contribution >= 0.6 is 0 Å². The molecule has 6 nitrogen and oxygen atoms in total. The van der Waals surface area contributed by atoms with Gasteiger partial charge >= 0.3 is 0 Å². The highest BCUT2D eigenvalue weighted by Gasteiger charge is 2.11. The van der Waals surface area contributed by atoms with E-state index in [1.807, 2.05) is 6.92 Å². The van der Waals surface area contributed by atoms with Gasteiger partial charge in [-0.2, -0.15) is 5.10 Å². The SMILES string of the molecule is Cc1ccc(C(=O)Nc2cccnc2-n2cccn2)cn1. The topological polar surface area (TPSA) is 72.7 Å². The third kappa shape index (κ3) is 2.79. The van der Waals surface area contributed by atoms with Gasteiger partial charge in [0.05, 0.1) is 11.3 Å². The van der Waals surface area contributed by atoms with Crippen LogP contribution in [-0.2, 0) is 0 Å². The van der Waals surface area contributed by atoms with Crippen molar-refractivity contribution in [3.63, 3.8) is 0 Å². The number of pyridine rings is 2. The fraction of sp³-hybridized carbons (Fsp3) is 0.0667. The van der Waals surface area contributed by atoms with E-state index in [4.69, 9.17) is 0 Å². The van der Waals surface area contributed by atoms with E-state index in [0.29, 0.717) is 17.1 Å². The highest BCUT2D eigenvalue weighted by molar-refractivity contribution is 6.04.